The molecule has 2 fully saturated rings. The minimum Gasteiger partial charge on any atom is -0.361 e. The maximum atomic E-state index is 13.2. The van der Waals surface area contributed by atoms with E-state index in [9.17, 15) is 9.59 Å². The third kappa shape index (κ3) is 2.67. The van der Waals surface area contributed by atoms with Gasteiger partial charge in [0.1, 0.15) is 5.76 Å². The van der Waals surface area contributed by atoms with E-state index in [1.807, 2.05) is 17.0 Å². The lowest BCUT2D eigenvalue weighted by Gasteiger charge is -2.26. The van der Waals surface area contributed by atoms with Crippen molar-refractivity contribution >= 4 is 11.8 Å². The topological polar surface area (TPSA) is 79.5 Å². The molecule has 4 heterocycles. The molecule has 0 N–H and O–H groups in total. The fourth-order valence-electron chi connectivity index (χ4n) is 4.17. The van der Waals surface area contributed by atoms with E-state index in [0.29, 0.717) is 37.6 Å². The summed E-state index contributed by atoms with van der Waals surface area (Å²) < 4.78 is 5.02. The molecule has 0 saturated carbocycles. The van der Waals surface area contributed by atoms with Gasteiger partial charge in [-0.1, -0.05) is 18.1 Å². The molecule has 1 spiro atoms. The smallest absolute Gasteiger partial charge is 0.276 e. The minimum atomic E-state index is -0.489. The highest BCUT2D eigenvalue weighted by Gasteiger charge is 2.56. The summed E-state index contributed by atoms with van der Waals surface area (Å²) in [5, 5.41) is 3.82. The van der Waals surface area contributed by atoms with Gasteiger partial charge in [-0.3, -0.25) is 14.6 Å². The highest BCUT2D eigenvalue weighted by Crippen LogP contribution is 2.45. The first-order valence-corrected chi connectivity index (χ1v) is 8.90. The Bertz CT molecular complexity index is 834. The highest BCUT2D eigenvalue weighted by molar-refractivity contribution is 5.94. The molecule has 136 valence electrons. The standard InChI is InChI=1S/C19H22N4O3/c1-13-10-23(17(24)16-8-14(2)26-21-16)12-19(13)5-7-22(18(19)25)11-15-4-3-6-20-9-15/h3-4,6,8-9,13H,5,7,10-12H2,1-2H3/t13-,19-/m0/s1. The van der Waals surface area contributed by atoms with Crippen molar-refractivity contribution in [3.05, 3.63) is 47.6 Å². The van der Waals surface area contributed by atoms with E-state index in [4.69, 9.17) is 4.52 Å². The van der Waals surface area contributed by atoms with Crippen molar-refractivity contribution in [2.45, 2.75) is 26.8 Å². The third-order valence-electron chi connectivity index (χ3n) is 5.68. The van der Waals surface area contributed by atoms with Crippen LogP contribution in [0, 0.1) is 18.3 Å². The Kier molecular flexibility index (Phi) is 4.01. The number of carbonyl (C=O) groups excluding carboxylic acids is 2. The molecule has 26 heavy (non-hydrogen) atoms. The maximum Gasteiger partial charge on any atom is 0.276 e. The monoisotopic (exact) mass is 354 g/mol. The average molecular weight is 354 g/mol. The predicted octanol–water partition coefficient (Wildman–Crippen LogP) is 1.89. The van der Waals surface area contributed by atoms with Crippen LogP contribution in [0.3, 0.4) is 0 Å². The SMILES string of the molecule is Cc1cc(C(=O)N2C[C@H](C)[C@]3(CCN(Cc4cccnc4)C3=O)C2)no1. The van der Waals surface area contributed by atoms with Gasteiger partial charge in [0, 0.05) is 44.6 Å². The van der Waals surface area contributed by atoms with E-state index < -0.39 is 5.41 Å². The summed E-state index contributed by atoms with van der Waals surface area (Å²) >= 11 is 0. The van der Waals surface area contributed by atoms with Crippen LogP contribution in [0.2, 0.25) is 0 Å². The van der Waals surface area contributed by atoms with Gasteiger partial charge < -0.3 is 14.3 Å². The number of nitrogens with zero attached hydrogens (tertiary/aromatic N) is 4. The first kappa shape index (κ1) is 16.8. The van der Waals surface area contributed by atoms with Gasteiger partial charge in [-0.15, -0.1) is 0 Å². The van der Waals surface area contributed by atoms with Gasteiger partial charge in [-0.25, -0.2) is 0 Å². The van der Waals surface area contributed by atoms with Crippen molar-refractivity contribution in [2.24, 2.45) is 11.3 Å². The van der Waals surface area contributed by atoms with Gasteiger partial charge in [-0.2, -0.15) is 0 Å². The second-order valence-electron chi connectivity index (χ2n) is 7.40. The maximum absolute atomic E-state index is 13.2. The summed E-state index contributed by atoms with van der Waals surface area (Å²) in [6.07, 6.45) is 4.29. The molecule has 7 heteroatoms. The van der Waals surface area contributed by atoms with Gasteiger partial charge in [0.2, 0.25) is 5.91 Å². The summed E-state index contributed by atoms with van der Waals surface area (Å²) in [6.45, 7) is 6.11. The van der Waals surface area contributed by atoms with Crippen LogP contribution in [-0.2, 0) is 11.3 Å². The number of hydrogen-bond donors (Lipinski definition) is 0. The molecule has 2 amide bonds. The number of aromatic nitrogens is 2. The van der Waals surface area contributed by atoms with E-state index in [1.165, 1.54) is 0 Å². The van der Waals surface area contributed by atoms with Crippen molar-refractivity contribution in [1.82, 2.24) is 19.9 Å². The molecular weight excluding hydrogens is 332 g/mol. The Balaban J connectivity index is 1.50. The first-order chi connectivity index (χ1) is 12.5. The lowest BCUT2D eigenvalue weighted by Crippen LogP contribution is -2.40. The van der Waals surface area contributed by atoms with Gasteiger partial charge in [0.15, 0.2) is 5.69 Å². The van der Waals surface area contributed by atoms with Crippen LogP contribution in [0.25, 0.3) is 0 Å². The molecule has 2 aliphatic heterocycles. The molecule has 4 rings (SSSR count). The Morgan fingerprint density at radius 3 is 3.00 bits per heavy atom. The highest BCUT2D eigenvalue weighted by atomic mass is 16.5. The number of carbonyl (C=O) groups is 2. The van der Waals surface area contributed by atoms with Gasteiger partial charge >= 0.3 is 0 Å². The third-order valence-corrected chi connectivity index (χ3v) is 5.68. The zero-order valence-corrected chi connectivity index (χ0v) is 15.0. The molecule has 0 radical (unpaired) electrons. The zero-order valence-electron chi connectivity index (χ0n) is 15.0. The van der Waals surface area contributed by atoms with Gasteiger partial charge in [-0.05, 0) is 30.9 Å². The minimum absolute atomic E-state index is 0.117. The normalized spacial score (nSPS) is 25.5. The van der Waals surface area contributed by atoms with Crippen LogP contribution in [0.1, 0.15) is 35.2 Å². The molecule has 2 aliphatic rings. The van der Waals surface area contributed by atoms with Crippen LogP contribution in [0.5, 0.6) is 0 Å². The van der Waals surface area contributed by atoms with E-state index in [1.54, 1.807) is 30.3 Å². The largest absolute Gasteiger partial charge is 0.361 e. The van der Waals surface area contributed by atoms with Crippen molar-refractivity contribution in [2.75, 3.05) is 19.6 Å². The summed E-state index contributed by atoms with van der Waals surface area (Å²) in [4.78, 5) is 33.6. The molecule has 7 nitrogen and oxygen atoms in total. The first-order valence-electron chi connectivity index (χ1n) is 8.90. The fourth-order valence-corrected chi connectivity index (χ4v) is 4.17. The summed E-state index contributed by atoms with van der Waals surface area (Å²) in [6, 6.07) is 5.50. The molecule has 0 aromatic carbocycles. The molecule has 2 saturated heterocycles. The summed E-state index contributed by atoms with van der Waals surface area (Å²) in [5.41, 5.74) is 0.843. The van der Waals surface area contributed by atoms with Crippen molar-refractivity contribution < 1.29 is 14.1 Å². The second kappa shape index (κ2) is 6.23. The van der Waals surface area contributed by atoms with E-state index in [-0.39, 0.29) is 17.7 Å². The van der Waals surface area contributed by atoms with Crippen LogP contribution in [-0.4, -0.2) is 51.4 Å². The van der Waals surface area contributed by atoms with Crippen molar-refractivity contribution in [3.63, 3.8) is 0 Å². The second-order valence-corrected chi connectivity index (χ2v) is 7.40. The van der Waals surface area contributed by atoms with E-state index in [0.717, 1.165) is 12.0 Å². The van der Waals surface area contributed by atoms with Gasteiger partial charge in [0.25, 0.3) is 5.91 Å². The molecule has 0 bridgehead atoms. The van der Waals surface area contributed by atoms with Crippen LogP contribution in [0.4, 0.5) is 0 Å². The van der Waals surface area contributed by atoms with Gasteiger partial charge in [0.05, 0.1) is 5.41 Å². The Hall–Kier alpha value is -2.70. The molecule has 0 unspecified atom stereocenters. The summed E-state index contributed by atoms with van der Waals surface area (Å²) in [7, 11) is 0. The Morgan fingerprint density at radius 1 is 1.46 bits per heavy atom. The Labute approximate surface area is 152 Å². The summed E-state index contributed by atoms with van der Waals surface area (Å²) in [5.74, 6) is 0.699. The number of pyridine rings is 1. The van der Waals surface area contributed by atoms with Crippen LogP contribution >= 0.6 is 0 Å². The number of hydrogen-bond acceptors (Lipinski definition) is 5. The molecule has 0 aliphatic carbocycles. The number of likely N-dealkylation sites (tertiary alicyclic amines) is 2. The van der Waals surface area contributed by atoms with E-state index in [2.05, 4.69) is 17.1 Å². The van der Waals surface area contributed by atoms with Crippen LogP contribution in [0.15, 0.2) is 35.1 Å². The Morgan fingerprint density at radius 2 is 2.31 bits per heavy atom. The molecular formula is C19H22N4O3. The fraction of sp³-hybridized carbons (Fsp3) is 0.474. The molecule has 2 aromatic rings. The lowest BCUT2D eigenvalue weighted by atomic mass is 9.78. The number of aryl methyl sites for hydroxylation is 1. The van der Waals surface area contributed by atoms with E-state index >= 15 is 0 Å². The van der Waals surface area contributed by atoms with Crippen molar-refractivity contribution in [1.29, 1.82) is 0 Å². The van der Waals surface area contributed by atoms with Crippen LogP contribution < -0.4 is 0 Å². The lowest BCUT2D eigenvalue weighted by molar-refractivity contribution is -0.137. The molecule has 2 atom stereocenters. The quantitative estimate of drug-likeness (QED) is 0.841. The van der Waals surface area contributed by atoms with Crippen molar-refractivity contribution in [3.8, 4) is 0 Å². The molecule has 2 aromatic heterocycles. The number of amides is 2. The zero-order chi connectivity index (χ0) is 18.3. The number of rotatable bonds is 3. The average Bonchev–Trinajstić information content (AvgIpc) is 3.30. The predicted molar refractivity (Wildman–Crippen MR) is 93.0 cm³/mol.